The zero-order chi connectivity index (χ0) is 14.7. The summed E-state index contributed by atoms with van der Waals surface area (Å²) in [6.45, 7) is 1.71. The number of carboxylic acid groups (broad SMARTS) is 1. The molecule has 1 aromatic rings. The molecule has 5 heteroatoms. The van der Waals surface area contributed by atoms with Crippen LogP contribution in [0.2, 0.25) is 0 Å². The monoisotopic (exact) mass is 275 g/mol. The lowest BCUT2D eigenvalue weighted by atomic mass is 9.98. The topological polar surface area (TPSA) is 74.7 Å². The Morgan fingerprint density at radius 3 is 2.60 bits per heavy atom. The Bertz CT molecular complexity index is 526. The SMILES string of the molecule is CC(CCC(=O)O)N1C(=O)CC(c2ccccc2)C1=O. The Kier molecular flexibility index (Phi) is 4.17. The van der Waals surface area contributed by atoms with E-state index in [1.165, 1.54) is 4.90 Å². The molecular weight excluding hydrogens is 258 g/mol. The molecule has 2 amide bonds. The zero-order valence-corrected chi connectivity index (χ0v) is 11.3. The third-order valence-corrected chi connectivity index (χ3v) is 3.60. The summed E-state index contributed by atoms with van der Waals surface area (Å²) in [6.07, 6.45) is 0.406. The van der Waals surface area contributed by atoms with Gasteiger partial charge < -0.3 is 5.11 Å². The number of aliphatic carboxylic acids is 1. The van der Waals surface area contributed by atoms with Gasteiger partial charge in [0.15, 0.2) is 0 Å². The van der Waals surface area contributed by atoms with Gasteiger partial charge >= 0.3 is 5.97 Å². The van der Waals surface area contributed by atoms with E-state index in [-0.39, 0.29) is 37.1 Å². The highest BCUT2D eigenvalue weighted by Gasteiger charge is 2.41. The van der Waals surface area contributed by atoms with E-state index in [0.717, 1.165) is 5.56 Å². The van der Waals surface area contributed by atoms with Crippen molar-refractivity contribution in [3.63, 3.8) is 0 Å². The smallest absolute Gasteiger partial charge is 0.303 e. The predicted molar refractivity (Wildman–Crippen MR) is 72.0 cm³/mol. The van der Waals surface area contributed by atoms with Crippen LogP contribution in [0.3, 0.4) is 0 Å². The lowest BCUT2D eigenvalue weighted by Crippen LogP contribution is -2.38. The number of rotatable bonds is 5. The Balaban J connectivity index is 2.11. The molecule has 1 heterocycles. The molecule has 1 saturated heterocycles. The van der Waals surface area contributed by atoms with Crippen LogP contribution in [0.5, 0.6) is 0 Å². The second kappa shape index (κ2) is 5.86. The van der Waals surface area contributed by atoms with E-state index < -0.39 is 11.9 Å². The molecule has 2 rings (SSSR count). The van der Waals surface area contributed by atoms with Crippen LogP contribution in [0.15, 0.2) is 30.3 Å². The van der Waals surface area contributed by atoms with E-state index in [2.05, 4.69) is 0 Å². The third kappa shape index (κ3) is 2.87. The summed E-state index contributed by atoms with van der Waals surface area (Å²) in [4.78, 5) is 36.2. The van der Waals surface area contributed by atoms with Crippen molar-refractivity contribution < 1.29 is 19.5 Å². The van der Waals surface area contributed by atoms with E-state index >= 15 is 0 Å². The number of carbonyl (C=O) groups is 3. The Morgan fingerprint density at radius 2 is 2.00 bits per heavy atom. The van der Waals surface area contributed by atoms with Crippen LogP contribution in [0.4, 0.5) is 0 Å². The van der Waals surface area contributed by atoms with Crippen molar-refractivity contribution in [1.29, 1.82) is 0 Å². The van der Waals surface area contributed by atoms with Gasteiger partial charge in [-0.15, -0.1) is 0 Å². The van der Waals surface area contributed by atoms with Gasteiger partial charge in [0.2, 0.25) is 11.8 Å². The molecule has 2 atom stereocenters. The van der Waals surface area contributed by atoms with Crippen LogP contribution in [0, 0.1) is 0 Å². The largest absolute Gasteiger partial charge is 0.481 e. The maximum absolute atomic E-state index is 12.4. The minimum absolute atomic E-state index is 0.0474. The summed E-state index contributed by atoms with van der Waals surface area (Å²) in [5, 5.41) is 8.68. The maximum Gasteiger partial charge on any atom is 0.303 e. The van der Waals surface area contributed by atoms with Gasteiger partial charge in [0, 0.05) is 18.9 Å². The van der Waals surface area contributed by atoms with Gasteiger partial charge in [0.25, 0.3) is 0 Å². The number of nitrogens with zero attached hydrogens (tertiary/aromatic N) is 1. The van der Waals surface area contributed by atoms with Crippen LogP contribution < -0.4 is 0 Å². The highest BCUT2D eigenvalue weighted by Crippen LogP contribution is 2.31. The van der Waals surface area contributed by atoms with E-state index in [1.54, 1.807) is 6.92 Å². The van der Waals surface area contributed by atoms with Gasteiger partial charge in [0.05, 0.1) is 5.92 Å². The number of imide groups is 1. The number of carboxylic acids is 1. The molecule has 1 aliphatic rings. The number of hydrogen-bond donors (Lipinski definition) is 1. The molecule has 1 aliphatic heterocycles. The van der Waals surface area contributed by atoms with Gasteiger partial charge in [-0.3, -0.25) is 19.3 Å². The number of hydrogen-bond acceptors (Lipinski definition) is 3. The number of benzene rings is 1. The first-order valence-corrected chi connectivity index (χ1v) is 6.63. The van der Waals surface area contributed by atoms with E-state index in [0.29, 0.717) is 0 Å². The first kappa shape index (κ1) is 14.2. The van der Waals surface area contributed by atoms with Crippen molar-refractivity contribution in [2.45, 2.75) is 38.1 Å². The maximum atomic E-state index is 12.4. The number of likely N-dealkylation sites (tertiary alicyclic amines) is 1. The fourth-order valence-electron chi connectivity index (χ4n) is 2.52. The minimum atomic E-state index is -0.921. The highest BCUT2D eigenvalue weighted by atomic mass is 16.4. The van der Waals surface area contributed by atoms with Crippen LogP contribution >= 0.6 is 0 Å². The van der Waals surface area contributed by atoms with E-state index in [9.17, 15) is 14.4 Å². The predicted octanol–water partition coefficient (Wildman–Crippen LogP) is 1.78. The van der Waals surface area contributed by atoms with Crippen molar-refractivity contribution in [2.24, 2.45) is 0 Å². The molecule has 0 bridgehead atoms. The Labute approximate surface area is 117 Å². The normalized spacial score (nSPS) is 20.2. The van der Waals surface area contributed by atoms with Gasteiger partial charge in [0.1, 0.15) is 0 Å². The molecule has 2 unspecified atom stereocenters. The summed E-state index contributed by atoms with van der Waals surface area (Å²) in [7, 11) is 0. The van der Waals surface area contributed by atoms with Crippen molar-refractivity contribution >= 4 is 17.8 Å². The molecule has 1 aromatic carbocycles. The minimum Gasteiger partial charge on any atom is -0.481 e. The fourth-order valence-corrected chi connectivity index (χ4v) is 2.52. The van der Waals surface area contributed by atoms with Gasteiger partial charge in [-0.25, -0.2) is 0 Å². The molecule has 106 valence electrons. The summed E-state index contributed by atoms with van der Waals surface area (Å²) >= 11 is 0. The molecule has 1 N–H and O–H groups in total. The number of amides is 2. The van der Waals surface area contributed by atoms with Crippen LogP contribution in [-0.2, 0) is 14.4 Å². The van der Waals surface area contributed by atoms with Crippen LogP contribution in [0.1, 0.15) is 37.7 Å². The van der Waals surface area contributed by atoms with Gasteiger partial charge in [-0.2, -0.15) is 0 Å². The Morgan fingerprint density at radius 1 is 1.35 bits per heavy atom. The lowest BCUT2D eigenvalue weighted by Gasteiger charge is -2.22. The highest BCUT2D eigenvalue weighted by molar-refractivity contribution is 6.06. The molecule has 20 heavy (non-hydrogen) atoms. The standard InChI is InChI=1S/C15H17NO4/c1-10(7-8-14(18)19)16-13(17)9-12(15(16)20)11-5-3-2-4-6-11/h2-6,10,12H,7-9H2,1H3,(H,18,19). The molecule has 1 fully saturated rings. The summed E-state index contributed by atoms with van der Waals surface area (Å²) in [5.74, 6) is -1.80. The second-order valence-corrected chi connectivity index (χ2v) is 5.05. The molecule has 0 aliphatic carbocycles. The van der Waals surface area contributed by atoms with Gasteiger partial charge in [-0.1, -0.05) is 30.3 Å². The lowest BCUT2D eigenvalue weighted by molar-refractivity contribution is -0.143. The number of carbonyl (C=O) groups excluding carboxylic acids is 2. The molecule has 0 aromatic heterocycles. The fraction of sp³-hybridized carbons (Fsp3) is 0.400. The first-order valence-electron chi connectivity index (χ1n) is 6.63. The zero-order valence-electron chi connectivity index (χ0n) is 11.3. The van der Waals surface area contributed by atoms with E-state index in [1.807, 2.05) is 30.3 Å². The summed E-state index contributed by atoms with van der Waals surface area (Å²) < 4.78 is 0. The summed E-state index contributed by atoms with van der Waals surface area (Å²) in [6, 6.07) is 8.83. The Hall–Kier alpha value is -2.17. The molecule has 0 radical (unpaired) electrons. The van der Waals surface area contributed by atoms with Crippen LogP contribution in [-0.4, -0.2) is 33.8 Å². The molecule has 0 saturated carbocycles. The second-order valence-electron chi connectivity index (χ2n) is 5.05. The third-order valence-electron chi connectivity index (χ3n) is 3.60. The van der Waals surface area contributed by atoms with E-state index in [4.69, 9.17) is 5.11 Å². The van der Waals surface area contributed by atoms with Crippen molar-refractivity contribution in [2.75, 3.05) is 0 Å². The van der Waals surface area contributed by atoms with Gasteiger partial charge in [-0.05, 0) is 18.9 Å². The van der Waals surface area contributed by atoms with Crippen LogP contribution in [0.25, 0.3) is 0 Å². The average Bonchev–Trinajstić information content (AvgIpc) is 2.72. The average molecular weight is 275 g/mol. The van der Waals surface area contributed by atoms with Crippen molar-refractivity contribution in [3.8, 4) is 0 Å². The first-order chi connectivity index (χ1) is 9.50. The summed E-state index contributed by atoms with van der Waals surface area (Å²) in [5.41, 5.74) is 0.832. The molecule has 5 nitrogen and oxygen atoms in total. The molecule has 0 spiro atoms. The van der Waals surface area contributed by atoms with Crippen molar-refractivity contribution in [3.05, 3.63) is 35.9 Å². The van der Waals surface area contributed by atoms with Crippen molar-refractivity contribution in [1.82, 2.24) is 4.90 Å². The quantitative estimate of drug-likeness (QED) is 0.831. The molecular formula is C15H17NO4.